The SMILES string of the molecule is CN1CC=C(c2nn(S(=O)(=O)c3ccc4occc4c3)c3cccnc23)CC1. The van der Waals surface area contributed by atoms with Crippen molar-refractivity contribution < 1.29 is 12.8 Å². The maximum absolute atomic E-state index is 13.4. The number of hydrogen-bond donors (Lipinski definition) is 0. The van der Waals surface area contributed by atoms with Crippen LogP contribution in [-0.4, -0.2) is 47.6 Å². The molecule has 0 atom stereocenters. The summed E-state index contributed by atoms with van der Waals surface area (Å²) >= 11 is 0. The monoisotopic (exact) mass is 394 g/mol. The van der Waals surface area contributed by atoms with Crippen LogP contribution in [0.2, 0.25) is 0 Å². The first-order valence-corrected chi connectivity index (χ1v) is 10.4. The Morgan fingerprint density at radius 2 is 2.07 bits per heavy atom. The van der Waals surface area contributed by atoms with Crippen molar-refractivity contribution in [3.05, 3.63) is 60.6 Å². The molecule has 0 aliphatic carbocycles. The van der Waals surface area contributed by atoms with Gasteiger partial charge in [-0.2, -0.15) is 17.6 Å². The van der Waals surface area contributed by atoms with E-state index in [1.165, 1.54) is 0 Å². The summed E-state index contributed by atoms with van der Waals surface area (Å²) in [6.07, 6.45) is 6.10. The highest BCUT2D eigenvalue weighted by atomic mass is 32.2. The molecule has 0 saturated heterocycles. The zero-order valence-corrected chi connectivity index (χ0v) is 16.1. The van der Waals surface area contributed by atoms with Gasteiger partial charge in [0.25, 0.3) is 10.0 Å². The second-order valence-electron chi connectivity index (χ2n) is 6.93. The Labute approximate surface area is 161 Å². The van der Waals surface area contributed by atoms with Crippen LogP contribution in [0.15, 0.2) is 64.2 Å². The second kappa shape index (κ2) is 6.29. The number of likely N-dealkylation sites (N-methyl/N-ethyl adjacent to an activating group) is 1. The van der Waals surface area contributed by atoms with Crippen molar-refractivity contribution in [2.45, 2.75) is 11.3 Å². The van der Waals surface area contributed by atoms with Gasteiger partial charge in [0.2, 0.25) is 0 Å². The fourth-order valence-electron chi connectivity index (χ4n) is 3.52. The molecule has 0 saturated carbocycles. The zero-order valence-electron chi connectivity index (χ0n) is 15.2. The minimum absolute atomic E-state index is 0.165. The Hall–Kier alpha value is -2.97. The van der Waals surface area contributed by atoms with E-state index in [9.17, 15) is 8.42 Å². The molecule has 0 spiro atoms. The number of furan rings is 1. The van der Waals surface area contributed by atoms with Gasteiger partial charge in [0, 0.05) is 24.7 Å². The first kappa shape index (κ1) is 17.2. The lowest BCUT2D eigenvalue weighted by Crippen LogP contribution is -2.24. The molecule has 0 fully saturated rings. The molecule has 142 valence electrons. The minimum atomic E-state index is -3.88. The third-order valence-corrected chi connectivity index (χ3v) is 6.66. The van der Waals surface area contributed by atoms with E-state index in [0.717, 1.165) is 34.6 Å². The van der Waals surface area contributed by atoms with E-state index in [-0.39, 0.29) is 4.90 Å². The zero-order chi connectivity index (χ0) is 19.3. The van der Waals surface area contributed by atoms with E-state index in [2.05, 4.69) is 28.1 Å². The molecule has 5 rings (SSSR count). The summed E-state index contributed by atoms with van der Waals surface area (Å²) in [7, 11) is -1.82. The average molecular weight is 394 g/mol. The van der Waals surface area contributed by atoms with Crippen LogP contribution in [0, 0.1) is 0 Å². The van der Waals surface area contributed by atoms with Crippen LogP contribution in [0.4, 0.5) is 0 Å². The van der Waals surface area contributed by atoms with Gasteiger partial charge in [-0.15, -0.1) is 0 Å². The van der Waals surface area contributed by atoms with Gasteiger partial charge in [-0.3, -0.25) is 4.98 Å². The first-order chi connectivity index (χ1) is 13.5. The molecule has 7 nitrogen and oxygen atoms in total. The van der Waals surface area contributed by atoms with Gasteiger partial charge in [-0.1, -0.05) is 6.08 Å². The van der Waals surface area contributed by atoms with Crippen LogP contribution in [0.1, 0.15) is 12.1 Å². The van der Waals surface area contributed by atoms with Crippen molar-refractivity contribution in [2.75, 3.05) is 20.1 Å². The molecule has 4 heterocycles. The number of benzene rings is 1. The van der Waals surface area contributed by atoms with Crippen molar-refractivity contribution >= 4 is 37.6 Å². The van der Waals surface area contributed by atoms with E-state index in [4.69, 9.17) is 4.42 Å². The fourth-order valence-corrected chi connectivity index (χ4v) is 4.83. The normalized spacial score (nSPS) is 16.0. The molecule has 0 radical (unpaired) electrons. The third-order valence-electron chi connectivity index (χ3n) is 5.07. The molecule has 28 heavy (non-hydrogen) atoms. The van der Waals surface area contributed by atoms with Crippen molar-refractivity contribution in [3.63, 3.8) is 0 Å². The van der Waals surface area contributed by atoms with Crippen LogP contribution < -0.4 is 0 Å². The molecular weight excluding hydrogens is 376 g/mol. The third kappa shape index (κ3) is 2.64. The lowest BCUT2D eigenvalue weighted by Gasteiger charge is -2.20. The molecule has 1 aliphatic heterocycles. The van der Waals surface area contributed by atoms with Gasteiger partial charge in [0.15, 0.2) is 0 Å². The van der Waals surface area contributed by atoms with Crippen LogP contribution in [0.3, 0.4) is 0 Å². The molecule has 4 aromatic rings. The maximum atomic E-state index is 13.4. The van der Waals surface area contributed by atoms with Gasteiger partial charge in [0.05, 0.1) is 11.2 Å². The summed E-state index contributed by atoms with van der Waals surface area (Å²) in [6.45, 7) is 1.71. The van der Waals surface area contributed by atoms with Crippen molar-refractivity contribution in [1.29, 1.82) is 0 Å². The summed E-state index contributed by atoms with van der Waals surface area (Å²) in [4.78, 5) is 6.79. The molecule has 0 unspecified atom stereocenters. The van der Waals surface area contributed by atoms with Crippen molar-refractivity contribution in [2.24, 2.45) is 0 Å². The number of fused-ring (bicyclic) bond motifs is 2. The van der Waals surface area contributed by atoms with E-state index in [1.54, 1.807) is 48.9 Å². The molecule has 0 amide bonds. The maximum Gasteiger partial charge on any atom is 0.283 e. The van der Waals surface area contributed by atoms with Crippen LogP contribution in [0.5, 0.6) is 0 Å². The highest BCUT2D eigenvalue weighted by molar-refractivity contribution is 7.90. The minimum Gasteiger partial charge on any atom is -0.464 e. The smallest absolute Gasteiger partial charge is 0.283 e. The Bertz CT molecular complexity index is 1330. The van der Waals surface area contributed by atoms with E-state index < -0.39 is 10.0 Å². The Morgan fingerprint density at radius 3 is 2.89 bits per heavy atom. The van der Waals surface area contributed by atoms with Crippen molar-refractivity contribution in [1.82, 2.24) is 19.1 Å². The Balaban J connectivity index is 1.70. The summed E-state index contributed by atoms with van der Waals surface area (Å²) < 4.78 is 33.2. The number of hydrogen-bond acceptors (Lipinski definition) is 6. The number of rotatable bonds is 3. The summed E-state index contributed by atoms with van der Waals surface area (Å²) in [5.74, 6) is 0. The molecule has 0 bridgehead atoms. The standard InChI is InChI=1S/C20H18N4O3S/c1-23-10-6-14(7-11-23)19-20-17(3-2-9-21-20)24(22-19)28(25,26)16-4-5-18-15(13-16)8-12-27-18/h2-6,8-9,12-13H,7,10-11H2,1H3. The predicted octanol–water partition coefficient (Wildman–Crippen LogP) is 3.13. The summed E-state index contributed by atoms with van der Waals surface area (Å²) in [6, 6.07) is 10.0. The Morgan fingerprint density at radius 1 is 1.18 bits per heavy atom. The van der Waals surface area contributed by atoms with Gasteiger partial charge < -0.3 is 9.32 Å². The molecule has 3 aromatic heterocycles. The quantitative estimate of drug-likeness (QED) is 0.531. The number of nitrogens with zero attached hydrogens (tertiary/aromatic N) is 4. The number of aromatic nitrogens is 3. The van der Waals surface area contributed by atoms with Gasteiger partial charge in [-0.05, 0) is 55.4 Å². The first-order valence-electron chi connectivity index (χ1n) is 8.98. The number of pyridine rings is 1. The summed E-state index contributed by atoms with van der Waals surface area (Å²) in [5, 5.41) is 5.24. The van der Waals surface area contributed by atoms with Crippen molar-refractivity contribution in [3.8, 4) is 0 Å². The van der Waals surface area contributed by atoms with Crippen LogP contribution >= 0.6 is 0 Å². The molecule has 0 N–H and O–H groups in total. The Kier molecular flexibility index (Phi) is 3.85. The fraction of sp³-hybridized carbons (Fsp3) is 0.200. The van der Waals surface area contributed by atoms with Crippen LogP contribution in [-0.2, 0) is 10.0 Å². The molecule has 1 aliphatic rings. The van der Waals surface area contributed by atoms with Gasteiger partial charge >= 0.3 is 0 Å². The van der Waals surface area contributed by atoms with Crippen LogP contribution in [0.25, 0.3) is 27.6 Å². The van der Waals surface area contributed by atoms with E-state index in [1.807, 2.05) is 0 Å². The highest BCUT2D eigenvalue weighted by Gasteiger charge is 2.26. The predicted molar refractivity (Wildman–Crippen MR) is 106 cm³/mol. The largest absolute Gasteiger partial charge is 0.464 e. The topological polar surface area (TPSA) is 81.2 Å². The van der Waals surface area contributed by atoms with Gasteiger partial charge in [-0.25, -0.2) is 0 Å². The lowest BCUT2D eigenvalue weighted by atomic mass is 10.0. The average Bonchev–Trinajstić information content (AvgIpc) is 3.33. The van der Waals surface area contributed by atoms with E-state index >= 15 is 0 Å². The lowest BCUT2D eigenvalue weighted by molar-refractivity contribution is 0.370. The molecule has 8 heteroatoms. The highest BCUT2D eigenvalue weighted by Crippen LogP contribution is 2.30. The molecular formula is C20H18N4O3S. The van der Waals surface area contributed by atoms with E-state index in [0.29, 0.717) is 22.3 Å². The molecule has 1 aromatic carbocycles. The van der Waals surface area contributed by atoms with Gasteiger partial charge in [0.1, 0.15) is 22.3 Å². The second-order valence-corrected chi connectivity index (χ2v) is 8.70. The summed E-state index contributed by atoms with van der Waals surface area (Å²) in [5.41, 5.74) is 3.39.